The number of aliphatic hydroxyl groups is 1. The second kappa shape index (κ2) is 11.5. The van der Waals surface area contributed by atoms with Gasteiger partial charge in [0.05, 0.1) is 12.7 Å². The van der Waals surface area contributed by atoms with E-state index >= 15 is 0 Å². The molecule has 0 heterocycles. The number of hydrogen-bond donors (Lipinski definition) is 3. The molecule has 2 unspecified atom stereocenters. The van der Waals surface area contributed by atoms with Gasteiger partial charge in [0.15, 0.2) is 14.6 Å². The van der Waals surface area contributed by atoms with E-state index in [-0.39, 0.29) is 22.5 Å². The van der Waals surface area contributed by atoms with Gasteiger partial charge in [-0.1, -0.05) is 20.8 Å². The summed E-state index contributed by atoms with van der Waals surface area (Å²) in [6, 6.07) is 0. The van der Waals surface area contributed by atoms with Gasteiger partial charge in [0.2, 0.25) is 0 Å². The fraction of sp³-hybridized carbons (Fsp3) is 1.00. The van der Waals surface area contributed by atoms with Crippen LogP contribution in [0.2, 0.25) is 18.1 Å². The van der Waals surface area contributed by atoms with Crippen molar-refractivity contribution in [1.29, 1.82) is 0 Å². The highest BCUT2D eigenvalue weighted by Gasteiger charge is 2.37. The Kier molecular flexibility index (Phi) is 11.8. The minimum absolute atomic E-state index is 0.140. The summed E-state index contributed by atoms with van der Waals surface area (Å²) < 4.78 is 16.8. The molecule has 4 nitrogen and oxygen atoms in total. The molecular formula is C17H38O4S2Si. The van der Waals surface area contributed by atoms with E-state index < -0.39 is 14.4 Å². The van der Waals surface area contributed by atoms with E-state index in [2.05, 4.69) is 46.5 Å². The van der Waals surface area contributed by atoms with Crippen molar-refractivity contribution in [2.45, 2.75) is 75.8 Å². The molecule has 0 rings (SSSR count). The Morgan fingerprint density at radius 2 is 1.62 bits per heavy atom. The average Bonchev–Trinajstić information content (AvgIpc) is 2.48. The van der Waals surface area contributed by atoms with Crippen molar-refractivity contribution in [1.82, 2.24) is 0 Å². The highest BCUT2D eigenvalue weighted by atomic mass is 32.1. The Morgan fingerprint density at radius 1 is 1.08 bits per heavy atom. The van der Waals surface area contributed by atoms with Crippen LogP contribution in [0, 0.1) is 5.92 Å². The third kappa shape index (κ3) is 8.92. The van der Waals surface area contributed by atoms with Gasteiger partial charge in [-0.15, -0.1) is 0 Å². The molecule has 1 N–H and O–H groups in total. The van der Waals surface area contributed by atoms with Crippen LogP contribution in [-0.2, 0) is 13.9 Å². The van der Waals surface area contributed by atoms with Crippen LogP contribution in [-0.4, -0.2) is 57.6 Å². The van der Waals surface area contributed by atoms with E-state index in [1.165, 1.54) is 0 Å². The highest BCUT2D eigenvalue weighted by molar-refractivity contribution is 7.81. The first-order chi connectivity index (χ1) is 11.0. The molecular weight excluding hydrogens is 360 g/mol. The van der Waals surface area contributed by atoms with E-state index in [0.29, 0.717) is 19.4 Å². The van der Waals surface area contributed by atoms with Crippen LogP contribution in [0.15, 0.2) is 0 Å². The van der Waals surface area contributed by atoms with Crippen LogP contribution in [0.25, 0.3) is 0 Å². The first-order valence-electron chi connectivity index (χ1n) is 8.65. The lowest BCUT2D eigenvalue weighted by atomic mass is 9.92. The second-order valence-electron chi connectivity index (χ2n) is 7.94. The molecule has 0 fully saturated rings. The molecule has 24 heavy (non-hydrogen) atoms. The number of methoxy groups -OCH3 is 2. The van der Waals surface area contributed by atoms with E-state index in [4.69, 9.17) is 26.5 Å². The lowest BCUT2D eigenvalue weighted by Crippen LogP contribution is -2.43. The van der Waals surface area contributed by atoms with Crippen LogP contribution < -0.4 is 0 Å². The monoisotopic (exact) mass is 398 g/mol. The third-order valence-corrected chi connectivity index (χ3v) is 10.4. The van der Waals surface area contributed by atoms with Gasteiger partial charge in [-0.3, -0.25) is 0 Å². The molecule has 0 aliphatic rings. The standard InChI is InChI=1S/C17H38O4S2Si/c1-17(2,3)24(6,7)21-12-14(18)10-13(15(23)8-9-22)11-16(19-4)20-5/h13-16,18,22-23H,8-12H2,1-7H3/t13?,14-,15?/m1/s1. The minimum atomic E-state index is -1.85. The molecule has 146 valence electrons. The van der Waals surface area contributed by atoms with Crippen LogP contribution in [0.3, 0.4) is 0 Å². The summed E-state index contributed by atoms with van der Waals surface area (Å²) in [5, 5.41) is 10.8. The number of rotatable bonds is 12. The van der Waals surface area contributed by atoms with Crippen molar-refractivity contribution in [3.8, 4) is 0 Å². The van der Waals surface area contributed by atoms with Crippen molar-refractivity contribution in [2.24, 2.45) is 5.92 Å². The molecule has 0 saturated carbocycles. The van der Waals surface area contributed by atoms with Gasteiger partial charge < -0.3 is 19.0 Å². The molecule has 3 atom stereocenters. The second-order valence-corrected chi connectivity index (χ2v) is 13.9. The predicted molar refractivity (Wildman–Crippen MR) is 111 cm³/mol. The van der Waals surface area contributed by atoms with Crippen LogP contribution >= 0.6 is 25.3 Å². The maximum atomic E-state index is 10.5. The third-order valence-electron chi connectivity index (χ3n) is 5.01. The summed E-state index contributed by atoms with van der Waals surface area (Å²) >= 11 is 9.00. The zero-order chi connectivity index (χ0) is 19.0. The summed E-state index contributed by atoms with van der Waals surface area (Å²) in [7, 11) is 1.42. The lowest BCUT2D eigenvalue weighted by molar-refractivity contribution is -0.116. The van der Waals surface area contributed by atoms with Crippen LogP contribution in [0.1, 0.15) is 40.0 Å². The zero-order valence-corrected chi connectivity index (χ0v) is 19.2. The molecule has 0 aliphatic carbocycles. The molecule has 0 spiro atoms. The zero-order valence-electron chi connectivity index (χ0n) is 16.4. The smallest absolute Gasteiger partial charge is 0.192 e. The van der Waals surface area contributed by atoms with E-state index in [9.17, 15) is 5.11 Å². The molecule has 0 saturated heterocycles. The molecule has 0 aliphatic heterocycles. The first kappa shape index (κ1) is 24.8. The first-order valence-corrected chi connectivity index (χ1v) is 12.7. The van der Waals surface area contributed by atoms with Gasteiger partial charge in [0, 0.05) is 25.9 Å². The molecule has 0 radical (unpaired) electrons. The van der Waals surface area contributed by atoms with Crippen LogP contribution in [0.5, 0.6) is 0 Å². The summed E-state index contributed by atoms with van der Waals surface area (Å²) in [5.41, 5.74) is 0. The highest BCUT2D eigenvalue weighted by Crippen LogP contribution is 2.37. The van der Waals surface area contributed by atoms with E-state index in [0.717, 1.165) is 12.2 Å². The van der Waals surface area contributed by atoms with Gasteiger partial charge in [0.25, 0.3) is 0 Å². The normalized spacial score (nSPS) is 17.1. The molecule has 7 heteroatoms. The minimum Gasteiger partial charge on any atom is -0.414 e. The van der Waals surface area contributed by atoms with Gasteiger partial charge in [-0.2, -0.15) is 25.3 Å². The lowest BCUT2D eigenvalue weighted by Gasteiger charge is -2.37. The fourth-order valence-corrected chi connectivity index (χ4v) is 4.15. The summed E-state index contributed by atoms with van der Waals surface area (Å²) in [4.78, 5) is 0. The topological polar surface area (TPSA) is 47.9 Å². The Morgan fingerprint density at radius 3 is 2.04 bits per heavy atom. The fourth-order valence-electron chi connectivity index (χ4n) is 2.25. The molecule has 0 aromatic rings. The number of ether oxygens (including phenoxy) is 2. The Hall–Kier alpha value is 0.757. The van der Waals surface area contributed by atoms with Crippen molar-refractivity contribution >= 4 is 33.6 Å². The predicted octanol–water partition coefficient (Wildman–Crippen LogP) is 4.00. The molecule has 0 bridgehead atoms. The van der Waals surface area contributed by atoms with Crippen molar-refractivity contribution < 1.29 is 19.0 Å². The van der Waals surface area contributed by atoms with Gasteiger partial charge >= 0.3 is 0 Å². The number of hydrogen-bond acceptors (Lipinski definition) is 6. The summed E-state index contributed by atoms with van der Waals surface area (Å²) in [5.74, 6) is 0.953. The summed E-state index contributed by atoms with van der Waals surface area (Å²) in [6.45, 7) is 11.4. The van der Waals surface area contributed by atoms with Crippen molar-refractivity contribution in [2.75, 3.05) is 26.6 Å². The average molecular weight is 399 g/mol. The van der Waals surface area contributed by atoms with Crippen LogP contribution in [0.4, 0.5) is 0 Å². The SMILES string of the molecule is COC(CC(C[C@@H](O)CO[Si](C)(C)C(C)(C)C)C(S)CCS)OC. The Balaban J connectivity index is 4.71. The molecule has 0 amide bonds. The van der Waals surface area contributed by atoms with E-state index in [1.807, 2.05) is 0 Å². The number of thiol groups is 2. The Bertz CT molecular complexity index is 333. The molecule has 0 aromatic heterocycles. The largest absolute Gasteiger partial charge is 0.414 e. The maximum absolute atomic E-state index is 10.5. The quantitative estimate of drug-likeness (QED) is 0.264. The van der Waals surface area contributed by atoms with Crippen molar-refractivity contribution in [3.05, 3.63) is 0 Å². The van der Waals surface area contributed by atoms with Crippen molar-refractivity contribution in [3.63, 3.8) is 0 Å². The van der Waals surface area contributed by atoms with E-state index in [1.54, 1.807) is 14.2 Å². The van der Waals surface area contributed by atoms with Gasteiger partial charge in [0.1, 0.15) is 0 Å². The summed E-state index contributed by atoms with van der Waals surface area (Å²) in [6.07, 6.45) is 1.42. The molecule has 0 aromatic carbocycles. The van der Waals surface area contributed by atoms with Gasteiger partial charge in [-0.05, 0) is 42.6 Å². The van der Waals surface area contributed by atoms with Gasteiger partial charge in [-0.25, -0.2) is 0 Å². The maximum Gasteiger partial charge on any atom is 0.192 e. The number of aliphatic hydroxyl groups excluding tert-OH is 1. The Labute approximate surface area is 161 Å².